The van der Waals surface area contributed by atoms with Gasteiger partial charge in [-0.3, -0.25) is 9.59 Å². The molecule has 2 amide bonds. The fourth-order valence-electron chi connectivity index (χ4n) is 4.05. The number of hydrogen-bond acceptors (Lipinski definition) is 6. The van der Waals surface area contributed by atoms with Crippen molar-refractivity contribution < 1.29 is 23.8 Å². The molecule has 0 aliphatic heterocycles. The van der Waals surface area contributed by atoms with Crippen LogP contribution in [0.15, 0.2) is 84.0 Å². The zero-order valence-corrected chi connectivity index (χ0v) is 22.2. The van der Waals surface area contributed by atoms with E-state index in [1.165, 1.54) is 20.4 Å². The van der Waals surface area contributed by atoms with Crippen molar-refractivity contribution in [1.82, 2.24) is 9.99 Å². The molecule has 200 valence electrons. The quantitative estimate of drug-likeness (QED) is 0.226. The van der Waals surface area contributed by atoms with E-state index < -0.39 is 0 Å². The van der Waals surface area contributed by atoms with Crippen LogP contribution in [0, 0.1) is 13.8 Å². The Morgan fingerprint density at radius 3 is 2.33 bits per heavy atom. The van der Waals surface area contributed by atoms with E-state index in [9.17, 15) is 9.59 Å². The first-order chi connectivity index (χ1) is 18.9. The third-order valence-corrected chi connectivity index (χ3v) is 5.94. The van der Waals surface area contributed by atoms with Crippen molar-refractivity contribution in [3.05, 3.63) is 101 Å². The average Bonchev–Trinajstić information content (AvgIpc) is 3.29. The smallest absolute Gasteiger partial charge is 0.271 e. The Morgan fingerprint density at radius 2 is 1.59 bits per heavy atom. The van der Waals surface area contributed by atoms with Crippen LogP contribution in [0.1, 0.15) is 27.3 Å². The number of anilines is 1. The predicted octanol–water partition coefficient (Wildman–Crippen LogP) is 4.89. The SMILES string of the molecule is COc1ccccc1NC(=O)COc1ccc(/C=N\NC(=O)c2cccc(-n3c(C)ccc3C)c2)cc1OC. The molecule has 0 aliphatic rings. The van der Waals surface area contributed by atoms with E-state index in [2.05, 4.69) is 20.4 Å². The maximum absolute atomic E-state index is 12.7. The molecule has 0 saturated heterocycles. The summed E-state index contributed by atoms with van der Waals surface area (Å²) >= 11 is 0. The number of para-hydroxylation sites is 2. The predicted molar refractivity (Wildman–Crippen MR) is 150 cm³/mol. The number of amides is 2. The van der Waals surface area contributed by atoms with Gasteiger partial charge in [0.05, 0.1) is 26.1 Å². The Kier molecular flexibility index (Phi) is 8.63. The van der Waals surface area contributed by atoms with Crippen molar-refractivity contribution in [3.8, 4) is 22.9 Å². The van der Waals surface area contributed by atoms with Gasteiger partial charge in [-0.15, -0.1) is 0 Å². The molecule has 0 spiro atoms. The lowest BCUT2D eigenvalue weighted by Crippen LogP contribution is -2.20. The zero-order valence-electron chi connectivity index (χ0n) is 22.2. The molecule has 4 rings (SSSR count). The zero-order chi connectivity index (χ0) is 27.8. The normalized spacial score (nSPS) is 10.8. The third kappa shape index (κ3) is 6.64. The van der Waals surface area contributed by atoms with Crippen LogP contribution >= 0.6 is 0 Å². The lowest BCUT2D eigenvalue weighted by molar-refractivity contribution is -0.118. The molecule has 9 nitrogen and oxygen atoms in total. The summed E-state index contributed by atoms with van der Waals surface area (Å²) in [6.07, 6.45) is 1.50. The second kappa shape index (κ2) is 12.5. The fourth-order valence-corrected chi connectivity index (χ4v) is 4.05. The van der Waals surface area contributed by atoms with E-state index in [0.717, 1.165) is 17.1 Å². The fraction of sp³-hybridized carbons (Fsp3) is 0.167. The van der Waals surface area contributed by atoms with Gasteiger partial charge in [0.1, 0.15) is 5.75 Å². The van der Waals surface area contributed by atoms with Gasteiger partial charge in [-0.05, 0) is 80.1 Å². The number of carbonyl (C=O) groups is 2. The molecule has 0 bridgehead atoms. The Balaban J connectivity index is 1.36. The van der Waals surface area contributed by atoms with Gasteiger partial charge in [0.2, 0.25) is 0 Å². The molecule has 0 saturated carbocycles. The number of carbonyl (C=O) groups excluding carboxylic acids is 2. The lowest BCUT2D eigenvalue weighted by atomic mass is 10.2. The number of nitrogens with zero attached hydrogens (tertiary/aromatic N) is 2. The standard InChI is InChI=1S/C30H30N4O5/c1-20-12-13-21(2)34(20)24-9-7-8-23(17-24)30(36)33-31-18-22-14-15-27(28(16-22)38-4)39-19-29(35)32-25-10-5-6-11-26(25)37-3/h5-18H,19H2,1-4H3,(H,32,35)(H,33,36)/b31-18-. The first kappa shape index (κ1) is 27.0. The number of benzene rings is 3. The Bertz CT molecular complexity index is 1490. The molecule has 1 aromatic heterocycles. The van der Waals surface area contributed by atoms with E-state index in [1.807, 2.05) is 50.2 Å². The summed E-state index contributed by atoms with van der Waals surface area (Å²) in [5.41, 5.74) is 7.35. The third-order valence-electron chi connectivity index (χ3n) is 5.94. The van der Waals surface area contributed by atoms with E-state index in [0.29, 0.717) is 34.1 Å². The van der Waals surface area contributed by atoms with Crippen LogP contribution in [0.2, 0.25) is 0 Å². The highest BCUT2D eigenvalue weighted by Crippen LogP contribution is 2.28. The minimum absolute atomic E-state index is 0.223. The van der Waals surface area contributed by atoms with Crippen molar-refractivity contribution in [2.45, 2.75) is 13.8 Å². The van der Waals surface area contributed by atoms with Crippen LogP contribution in [0.25, 0.3) is 5.69 Å². The van der Waals surface area contributed by atoms with E-state index in [-0.39, 0.29) is 18.4 Å². The summed E-state index contributed by atoms with van der Waals surface area (Å²) in [6.45, 7) is 3.82. The van der Waals surface area contributed by atoms with Gasteiger partial charge in [-0.2, -0.15) is 5.10 Å². The first-order valence-corrected chi connectivity index (χ1v) is 12.2. The number of hydrogen-bond donors (Lipinski definition) is 2. The molecule has 0 unspecified atom stereocenters. The van der Waals surface area contributed by atoms with E-state index in [1.54, 1.807) is 42.5 Å². The van der Waals surface area contributed by atoms with Gasteiger partial charge in [-0.25, -0.2) is 5.43 Å². The summed E-state index contributed by atoms with van der Waals surface area (Å²) in [4.78, 5) is 25.1. The molecule has 0 atom stereocenters. The van der Waals surface area contributed by atoms with Crippen molar-refractivity contribution in [2.75, 3.05) is 26.1 Å². The average molecular weight is 527 g/mol. The van der Waals surface area contributed by atoms with Crippen LogP contribution in [-0.4, -0.2) is 43.4 Å². The monoisotopic (exact) mass is 526 g/mol. The second-order valence-corrected chi connectivity index (χ2v) is 8.65. The summed E-state index contributed by atoms with van der Waals surface area (Å²) in [5, 5.41) is 6.84. The lowest BCUT2D eigenvalue weighted by Gasteiger charge is -2.12. The molecule has 0 radical (unpaired) electrons. The van der Waals surface area contributed by atoms with Gasteiger partial charge >= 0.3 is 0 Å². The molecule has 39 heavy (non-hydrogen) atoms. The molecular formula is C30H30N4O5. The Hall–Kier alpha value is -5.05. The highest BCUT2D eigenvalue weighted by molar-refractivity contribution is 5.95. The van der Waals surface area contributed by atoms with Crippen molar-refractivity contribution >= 4 is 23.7 Å². The van der Waals surface area contributed by atoms with Crippen LogP contribution in [-0.2, 0) is 4.79 Å². The Labute approximate surface area is 227 Å². The summed E-state index contributed by atoms with van der Waals surface area (Å²) in [7, 11) is 3.04. The largest absolute Gasteiger partial charge is 0.495 e. The van der Waals surface area contributed by atoms with Gasteiger partial charge in [0.25, 0.3) is 11.8 Å². The maximum atomic E-state index is 12.7. The highest BCUT2D eigenvalue weighted by atomic mass is 16.5. The van der Waals surface area contributed by atoms with Gasteiger partial charge < -0.3 is 24.1 Å². The number of aromatic nitrogens is 1. The van der Waals surface area contributed by atoms with Crippen molar-refractivity contribution in [3.63, 3.8) is 0 Å². The number of rotatable bonds is 10. The van der Waals surface area contributed by atoms with Gasteiger partial charge in [-0.1, -0.05) is 18.2 Å². The summed E-state index contributed by atoms with van der Waals surface area (Å²) in [5.74, 6) is 0.685. The Morgan fingerprint density at radius 1 is 0.846 bits per heavy atom. The molecule has 0 fully saturated rings. The van der Waals surface area contributed by atoms with Crippen LogP contribution in [0.5, 0.6) is 17.2 Å². The molecule has 2 N–H and O–H groups in total. The number of ether oxygens (including phenoxy) is 3. The van der Waals surface area contributed by atoms with E-state index >= 15 is 0 Å². The number of nitrogens with one attached hydrogen (secondary N) is 2. The molecule has 1 heterocycles. The first-order valence-electron chi connectivity index (χ1n) is 12.2. The van der Waals surface area contributed by atoms with Crippen LogP contribution in [0.4, 0.5) is 5.69 Å². The highest BCUT2D eigenvalue weighted by Gasteiger charge is 2.12. The van der Waals surface area contributed by atoms with E-state index in [4.69, 9.17) is 14.2 Å². The van der Waals surface area contributed by atoms with Gasteiger partial charge in [0, 0.05) is 22.6 Å². The minimum atomic E-state index is -0.346. The van der Waals surface area contributed by atoms with Crippen molar-refractivity contribution in [1.29, 1.82) is 0 Å². The molecule has 9 heteroatoms. The summed E-state index contributed by atoms with van der Waals surface area (Å²) < 4.78 is 18.4. The molecule has 4 aromatic rings. The molecular weight excluding hydrogens is 496 g/mol. The maximum Gasteiger partial charge on any atom is 0.271 e. The molecule has 0 aliphatic carbocycles. The number of aryl methyl sites for hydroxylation is 2. The number of hydrazone groups is 1. The summed E-state index contributed by atoms with van der Waals surface area (Å²) in [6, 6.07) is 23.6. The number of methoxy groups -OCH3 is 2. The van der Waals surface area contributed by atoms with Crippen molar-refractivity contribution in [2.24, 2.45) is 5.10 Å². The van der Waals surface area contributed by atoms with Gasteiger partial charge in [0.15, 0.2) is 18.1 Å². The second-order valence-electron chi connectivity index (χ2n) is 8.65. The molecule has 3 aromatic carbocycles. The topological polar surface area (TPSA) is 103 Å². The van der Waals surface area contributed by atoms with Crippen LogP contribution in [0.3, 0.4) is 0 Å². The minimum Gasteiger partial charge on any atom is -0.495 e. The van der Waals surface area contributed by atoms with Crippen LogP contribution < -0.4 is 25.0 Å².